The SMILES string of the molecule is c1ccc(-c2cc(-c3ccccc3)cc(-n3c4ccccc4c4cc(-c5ccc(-c6cccc(N(c7ccc8c(c7)C7(c9ccccc9-c9ccccc97)c7ccccc7-8)c7ccc8ccccc8c7)c6)cc5)ccc43)c2)cc1. The third-order valence-corrected chi connectivity index (χ3v) is 16.9. The summed E-state index contributed by atoms with van der Waals surface area (Å²) in [4.78, 5) is 2.46. The molecule has 2 aliphatic carbocycles. The van der Waals surface area contributed by atoms with Crippen LogP contribution >= 0.6 is 0 Å². The second-order valence-corrected chi connectivity index (χ2v) is 21.2. The highest BCUT2D eigenvalue weighted by molar-refractivity contribution is 6.11. The zero-order chi connectivity index (χ0) is 52.0. The number of fused-ring (bicyclic) bond motifs is 14. The van der Waals surface area contributed by atoms with Gasteiger partial charge in [0.25, 0.3) is 0 Å². The Bertz CT molecular complexity index is 4600. The Hall–Kier alpha value is -10.3. The largest absolute Gasteiger partial charge is 0.310 e. The molecular formula is C77H50N2. The summed E-state index contributed by atoms with van der Waals surface area (Å²) >= 11 is 0. The lowest BCUT2D eigenvalue weighted by atomic mass is 9.70. The van der Waals surface area contributed by atoms with Gasteiger partial charge in [-0.15, -0.1) is 0 Å². The minimum absolute atomic E-state index is 0.448. The highest BCUT2D eigenvalue weighted by Gasteiger charge is 2.51. The second-order valence-electron chi connectivity index (χ2n) is 21.2. The molecule has 0 N–H and O–H groups in total. The molecule has 0 atom stereocenters. The first-order chi connectivity index (χ1) is 39.2. The van der Waals surface area contributed by atoms with Gasteiger partial charge in [0, 0.05) is 33.5 Å². The van der Waals surface area contributed by atoms with Crippen LogP contribution in [-0.4, -0.2) is 4.57 Å². The van der Waals surface area contributed by atoms with E-state index >= 15 is 0 Å². The standard InChI is InChI=1S/C77H50N2/c1-3-18-51(19-4-1)59-44-60(52-20-5-2-6-21-52)48-64(47-59)79-75-33-16-12-29-69(75)70-49-58(39-43-76(70)79)55-36-34-54(35-37-55)57-24-17-25-61(45-57)78(62-40-38-53-22-7-8-23-56(53)46-62)63-41-42-68-67-28-11-15-32-73(67)77(74(68)50-63)71-30-13-9-26-65(71)66-27-10-14-31-72(66)77/h1-50H. The fraction of sp³-hybridized carbons (Fsp3) is 0.0130. The van der Waals surface area contributed by atoms with E-state index in [9.17, 15) is 0 Å². The predicted octanol–water partition coefficient (Wildman–Crippen LogP) is 20.4. The van der Waals surface area contributed by atoms with E-state index in [1.807, 2.05) is 0 Å². The lowest BCUT2D eigenvalue weighted by Gasteiger charge is -2.32. The molecule has 1 heterocycles. The van der Waals surface area contributed by atoms with Gasteiger partial charge in [0.15, 0.2) is 0 Å². The molecule has 13 aromatic carbocycles. The summed E-state index contributed by atoms with van der Waals surface area (Å²) in [6, 6.07) is 112. The van der Waals surface area contributed by atoms with Crippen molar-refractivity contribution >= 4 is 49.6 Å². The number of rotatable bonds is 8. The maximum Gasteiger partial charge on any atom is 0.0726 e. The summed E-state index contributed by atoms with van der Waals surface area (Å²) in [5, 5.41) is 4.89. The smallest absolute Gasteiger partial charge is 0.0726 e. The van der Waals surface area contributed by atoms with Gasteiger partial charge in [-0.25, -0.2) is 0 Å². The Morgan fingerprint density at radius 3 is 1.37 bits per heavy atom. The van der Waals surface area contributed by atoms with Crippen LogP contribution in [0.2, 0.25) is 0 Å². The summed E-state index contributed by atoms with van der Waals surface area (Å²) in [6.45, 7) is 0. The number of benzene rings is 13. The van der Waals surface area contributed by atoms with E-state index in [0.29, 0.717) is 0 Å². The first kappa shape index (κ1) is 45.0. The monoisotopic (exact) mass is 1000 g/mol. The minimum atomic E-state index is -0.448. The number of para-hydroxylation sites is 1. The molecule has 0 saturated heterocycles. The molecule has 0 fully saturated rings. The zero-order valence-electron chi connectivity index (χ0n) is 43.3. The van der Waals surface area contributed by atoms with Gasteiger partial charge in [-0.2, -0.15) is 0 Å². The molecule has 14 aromatic rings. The molecule has 0 unspecified atom stereocenters. The average Bonchev–Trinajstić information content (AvgIpc) is 4.35. The van der Waals surface area contributed by atoms with Crippen molar-refractivity contribution in [1.29, 1.82) is 0 Å². The Labute approximate surface area is 460 Å². The van der Waals surface area contributed by atoms with E-state index in [1.54, 1.807) is 0 Å². The topological polar surface area (TPSA) is 8.17 Å². The summed E-state index contributed by atoms with van der Waals surface area (Å²) in [7, 11) is 0. The fourth-order valence-corrected chi connectivity index (χ4v) is 13.4. The van der Waals surface area contributed by atoms with Crippen molar-refractivity contribution in [3.8, 4) is 72.4 Å². The van der Waals surface area contributed by atoms with Crippen LogP contribution in [0.3, 0.4) is 0 Å². The van der Waals surface area contributed by atoms with Crippen LogP contribution in [0.1, 0.15) is 22.3 Å². The second kappa shape index (κ2) is 17.9. The zero-order valence-corrected chi connectivity index (χ0v) is 43.3. The molecule has 1 aromatic heterocycles. The van der Waals surface area contributed by atoms with Crippen molar-refractivity contribution in [3.05, 3.63) is 326 Å². The molecule has 16 rings (SSSR count). The Balaban J connectivity index is 0.793. The van der Waals surface area contributed by atoms with E-state index in [1.165, 1.54) is 110 Å². The molecule has 2 aliphatic rings. The fourth-order valence-electron chi connectivity index (χ4n) is 13.4. The van der Waals surface area contributed by atoms with Crippen molar-refractivity contribution in [3.63, 3.8) is 0 Å². The van der Waals surface area contributed by atoms with Gasteiger partial charge in [-0.05, 0) is 173 Å². The molecular weight excluding hydrogens is 953 g/mol. The van der Waals surface area contributed by atoms with Crippen LogP contribution in [0.15, 0.2) is 303 Å². The Morgan fingerprint density at radius 1 is 0.241 bits per heavy atom. The van der Waals surface area contributed by atoms with Crippen LogP contribution < -0.4 is 4.90 Å². The normalized spacial score (nSPS) is 12.7. The molecule has 0 amide bonds. The molecule has 79 heavy (non-hydrogen) atoms. The van der Waals surface area contributed by atoms with Crippen LogP contribution in [0.25, 0.3) is 105 Å². The molecule has 2 nitrogen and oxygen atoms in total. The van der Waals surface area contributed by atoms with Gasteiger partial charge in [-0.1, -0.05) is 231 Å². The van der Waals surface area contributed by atoms with Gasteiger partial charge in [0.2, 0.25) is 0 Å². The van der Waals surface area contributed by atoms with E-state index in [-0.39, 0.29) is 0 Å². The van der Waals surface area contributed by atoms with Gasteiger partial charge in [0.1, 0.15) is 0 Å². The van der Waals surface area contributed by atoms with E-state index < -0.39 is 5.41 Å². The van der Waals surface area contributed by atoms with Crippen LogP contribution in [-0.2, 0) is 5.41 Å². The number of aromatic nitrogens is 1. The maximum atomic E-state index is 2.49. The molecule has 0 aliphatic heterocycles. The third-order valence-electron chi connectivity index (χ3n) is 16.9. The predicted molar refractivity (Wildman–Crippen MR) is 331 cm³/mol. The number of anilines is 3. The number of nitrogens with zero attached hydrogens (tertiary/aromatic N) is 2. The lowest BCUT2D eigenvalue weighted by Crippen LogP contribution is -2.26. The minimum Gasteiger partial charge on any atom is -0.310 e. The van der Waals surface area contributed by atoms with Crippen LogP contribution in [0.4, 0.5) is 17.1 Å². The van der Waals surface area contributed by atoms with Crippen molar-refractivity contribution in [2.24, 2.45) is 0 Å². The van der Waals surface area contributed by atoms with E-state index in [4.69, 9.17) is 0 Å². The molecule has 0 saturated carbocycles. The third kappa shape index (κ3) is 7.05. The summed E-state index contributed by atoms with van der Waals surface area (Å²) in [5.41, 5.74) is 26.4. The molecule has 1 spiro atoms. The van der Waals surface area contributed by atoms with Crippen molar-refractivity contribution in [2.45, 2.75) is 5.41 Å². The molecule has 0 bridgehead atoms. The highest BCUT2D eigenvalue weighted by atomic mass is 15.1. The lowest BCUT2D eigenvalue weighted by molar-refractivity contribution is 0.793. The average molecular weight is 1000 g/mol. The Kier molecular flexibility index (Phi) is 10.2. The van der Waals surface area contributed by atoms with Gasteiger partial charge in [-0.3, -0.25) is 0 Å². The van der Waals surface area contributed by atoms with Crippen LogP contribution in [0.5, 0.6) is 0 Å². The summed E-state index contributed by atoms with van der Waals surface area (Å²) in [5.74, 6) is 0. The van der Waals surface area contributed by atoms with E-state index in [2.05, 4.69) is 313 Å². The summed E-state index contributed by atoms with van der Waals surface area (Å²) in [6.07, 6.45) is 0. The van der Waals surface area contributed by atoms with Crippen molar-refractivity contribution < 1.29 is 0 Å². The van der Waals surface area contributed by atoms with Crippen LogP contribution in [0, 0.1) is 0 Å². The van der Waals surface area contributed by atoms with Crippen molar-refractivity contribution in [1.82, 2.24) is 4.57 Å². The molecule has 0 radical (unpaired) electrons. The quantitative estimate of drug-likeness (QED) is 0.147. The Morgan fingerprint density at radius 2 is 0.709 bits per heavy atom. The maximum absolute atomic E-state index is 2.49. The molecule has 2 heteroatoms. The number of hydrogen-bond donors (Lipinski definition) is 0. The first-order valence-electron chi connectivity index (χ1n) is 27.4. The molecule has 368 valence electrons. The van der Waals surface area contributed by atoms with Gasteiger partial charge in [0.05, 0.1) is 16.4 Å². The van der Waals surface area contributed by atoms with Crippen molar-refractivity contribution in [2.75, 3.05) is 4.90 Å². The summed E-state index contributed by atoms with van der Waals surface area (Å²) < 4.78 is 2.44. The first-order valence-corrected chi connectivity index (χ1v) is 27.4. The number of hydrogen-bond acceptors (Lipinski definition) is 1. The van der Waals surface area contributed by atoms with E-state index in [0.717, 1.165) is 33.9 Å². The van der Waals surface area contributed by atoms with Gasteiger partial charge < -0.3 is 9.47 Å². The van der Waals surface area contributed by atoms with Gasteiger partial charge >= 0.3 is 0 Å². The highest BCUT2D eigenvalue weighted by Crippen LogP contribution is 2.63.